The molecule has 0 spiro atoms. The first-order valence-electron chi connectivity index (χ1n) is 12.1. The molecule has 7 heteroatoms. The largest absolute Gasteiger partial charge is 0.351 e. The van der Waals surface area contributed by atoms with Crippen LogP contribution in [-0.2, 0) is 23.2 Å². The van der Waals surface area contributed by atoms with Crippen molar-refractivity contribution in [3.05, 3.63) is 119 Å². The number of rotatable bonds is 9. The molecule has 6 nitrogen and oxygen atoms in total. The minimum Gasteiger partial charge on any atom is -0.351 e. The zero-order chi connectivity index (χ0) is 26.3. The lowest BCUT2D eigenvalue weighted by atomic mass is 9.83. The molecule has 0 bridgehead atoms. The average molecular weight is 513 g/mol. The standard InChI is InChI=1S/C30H29ClN4O2/c1-30(2,22-12-14-23(31)15-13-22)29(37)35-20-21-8-3-4-10-25(21)26-11-7-18-33-27(26)28(36)34-19-16-24-9-5-6-17-32-24/h3-15,17-18H,16,19-20H2,1-2H3,(H,34,36)(H,35,37). The average Bonchev–Trinajstić information content (AvgIpc) is 2.92. The molecule has 2 aromatic heterocycles. The number of carbonyl (C=O) groups excluding carboxylic acids is 2. The fraction of sp³-hybridized carbons (Fsp3) is 0.200. The van der Waals surface area contributed by atoms with Gasteiger partial charge in [0.05, 0.1) is 5.41 Å². The molecule has 2 aromatic carbocycles. The van der Waals surface area contributed by atoms with E-state index >= 15 is 0 Å². The molecule has 37 heavy (non-hydrogen) atoms. The van der Waals surface area contributed by atoms with Crippen LogP contribution in [0, 0.1) is 0 Å². The Hall–Kier alpha value is -4.03. The van der Waals surface area contributed by atoms with E-state index in [0.717, 1.165) is 22.4 Å². The molecule has 0 radical (unpaired) electrons. The number of hydrogen-bond acceptors (Lipinski definition) is 4. The minimum absolute atomic E-state index is 0.108. The summed E-state index contributed by atoms with van der Waals surface area (Å²) in [5.74, 6) is -0.363. The first-order chi connectivity index (χ1) is 17.9. The third kappa shape index (κ3) is 6.40. The van der Waals surface area contributed by atoms with Gasteiger partial charge in [-0.3, -0.25) is 19.6 Å². The summed E-state index contributed by atoms with van der Waals surface area (Å²) in [6, 6.07) is 24.4. The van der Waals surface area contributed by atoms with Crippen LogP contribution in [0.4, 0.5) is 0 Å². The molecule has 0 aliphatic carbocycles. The molecule has 0 fully saturated rings. The maximum atomic E-state index is 13.2. The molecule has 4 rings (SSSR count). The quantitative estimate of drug-likeness (QED) is 0.316. The Morgan fingerprint density at radius 1 is 0.811 bits per heavy atom. The predicted octanol–water partition coefficient (Wildman–Crippen LogP) is 5.36. The van der Waals surface area contributed by atoms with Crippen molar-refractivity contribution in [2.45, 2.75) is 32.2 Å². The van der Waals surface area contributed by atoms with Crippen molar-refractivity contribution >= 4 is 23.4 Å². The smallest absolute Gasteiger partial charge is 0.270 e. The van der Waals surface area contributed by atoms with E-state index in [9.17, 15) is 9.59 Å². The van der Waals surface area contributed by atoms with E-state index in [4.69, 9.17) is 11.6 Å². The number of halogens is 1. The molecule has 4 aromatic rings. The van der Waals surface area contributed by atoms with Gasteiger partial charge in [-0.2, -0.15) is 0 Å². The number of carbonyl (C=O) groups is 2. The summed E-state index contributed by atoms with van der Waals surface area (Å²) in [5.41, 5.74) is 3.81. The number of hydrogen-bond donors (Lipinski definition) is 2. The fourth-order valence-corrected chi connectivity index (χ4v) is 4.19. The Morgan fingerprint density at radius 2 is 1.51 bits per heavy atom. The summed E-state index contributed by atoms with van der Waals surface area (Å²) in [6.07, 6.45) is 3.97. The van der Waals surface area contributed by atoms with Crippen molar-refractivity contribution in [1.29, 1.82) is 0 Å². The molecule has 0 saturated heterocycles. The summed E-state index contributed by atoms with van der Waals surface area (Å²) in [4.78, 5) is 34.9. The molecule has 2 heterocycles. The molecule has 0 unspecified atom stereocenters. The van der Waals surface area contributed by atoms with Crippen LogP contribution >= 0.6 is 11.6 Å². The van der Waals surface area contributed by atoms with Gasteiger partial charge < -0.3 is 10.6 Å². The Bertz CT molecular complexity index is 1370. The molecule has 0 aliphatic rings. The van der Waals surface area contributed by atoms with Crippen LogP contribution in [0.25, 0.3) is 11.1 Å². The van der Waals surface area contributed by atoms with E-state index in [2.05, 4.69) is 20.6 Å². The van der Waals surface area contributed by atoms with Crippen molar-refractivity contribution in [2.24, 2.45) is 0 Å². The molecule has 0 atom stereocenters. The summed E-state index contributed by atoms with van der Waals surface area (Å²) in [7, 11) is 0. The lowest BCUT2D eigenvalue weighted by Gasteiger charge is -2.24. The van der Waals surface area contributed by atoms with Gasteiger partial charge in [0, 0.05) is 48.2 Å². The second-order valence-electron chi connectivity index (χ2n) is 9.20. The number of pyridine rings is 2. The molecule has 0 aliphatic heterocycles. The molecular weight excluding hydrogens is 484 g/mol. The second-order valence-corrected chi connectivity index (χ2v) is 9.63. The van der Waals surface area contributed by atoms with Gasteiger partial charge in [-0.1, -0.05) is 60.1 Å². The summed E-state index contributed by atoms with van der Waals surface area (Å²) in [6.45, 7) is 4.52. The highest BCUT2D eigenvalue weighted by atomic mass is 35.5. The van der Waals surface area contributed by atoms with Crippen LogP contribution in [0.3, 0.4) is 0 Å². The van der Waals surface area contributed by atoms with Crippen molar-refractivity contribution in [1.82, 2.24) is 20.6 Å². The first-order valence-corrected chi connectivity index (χ1v) is 12.5. The van der Waals surface area contributed by atoms with Crippen LogP contribution < -0.4 is 10.6 Å². The van der Waals surface area contributed by atoms with Crippen LogP contribution in [0.1, 0.15) is 41.2 Å². The Kier molecular flexibility index (Phi) is 8.31. The van der Waals surface area contributed by atoms with E-state index in [1.165, 1.54) is 0 Å². The molecule has 2 amide bonds. The van der Waals surface area contributed by atoms with E-state index in [1.54, 1.807) is 30.6 Å². The van der Waals surface area contributed by atoms with Crippen molar-refractivity contribution in [3.63, 3.8) is 0 Å². The number of benzene rings is 2. The van der Waals surface area contributed by atoms with Crippen molar-refractivity contribution in [3.8, 4) is 11.1 Å². The number of nitrogens with zero attached hydrogens (tertiary/aromatic N) is 2. The molecule has 188 valence electrons. The third-order valence-corrected chi connectivity index (χ3v) is 6.55. The number of aromatic nitrogens is 2. The highest BCUT2D eigenvalue weighted by Gasteiger charge is 2.29. The Balaban J connectivity index is 1.49. The third-order valence-electron chi connectivity index (χ3n) is 6.30. The van der Waals surface area contributed by atoms with Gasteiger partial charge in [-0.25, -0.2) is 0 Å². The summed E-state index contributed by atoms with van der Waals surface area (Å²) < 4.78 is 0. The van der Waals surface area contributed by atoms with E-state index < -0.39 is 5.41 Å². The van der Waals surface area contributed by atoms with Crippen LogP contribution in [-0.4, -0.2) is 28.3 Å². The number of amides is 2. The fourth-order valence-electron chi connectivity index (χ4n) is 4.07. The Labute approximate surface area is 222 Å². The van der Waals surface area contributed by atoms with E-state index in [1.807, 2.05) is 74.5 Å². The molecule has 2 N–H and O–H groups in total. The van der Waals surface area contributed by atoms with Crippen LogP contribution in [0.5, 0.6) is 0 Å². The maximum Gasteiger partial charge on any atom is 0.270 e. The predicted molar refractivity (Wildman–Crippen MR) is 146 cm³/mol. The first kappa shape index (κ1) is 26.0. The zero-order valence-electron chi connectivity index (χ0n) is 20.9. The van der Waals surface area contributed by atoms with Gasteiger partial charge in [0.15, 0.2) is 0 Å². The van der Waals surface area contributed by atoms with E-state index in [-0.39, 0.29) is 11.8 Å². The molecular formula is C30H29ClN4O2. The molecule has 0 saturated carbocycles. The second kappa shape index (κ2) is 11.8. The van der Waals surface area contributed by atoms with Crippen LogP contribution in [0.15, 0.2) is 91.3 Å². The summed E-state index contributed by atoms with van der Waals surface area (Å²) in [5, 5.41) is 6.64. The highest BCUT2D eigenvalue weighted by molar-refractivity contribution is 6.30. The van der Waals surface area contributed by atoms with Gasteiger partial charge in [-0.05, 0) is 60.9 Å². The van der Waals surface area contributed by atoms with Crippen molar-refractivity contribution < 1.29 is 9.59 Å². The van der Waals surface area contributed by atoms with Gasteiger partial charge in [0.2, 0.25) is 5.91 Å². The van der Waals surface area contributed by atoms with Crippen molar-refractivity contribution in [2.75, 3.05) is 6.54 Å². The normalized spacial score (nSPS) is 11.1. The van der Waals surface area contributed by atoms with Gasteiger partial charge >= 0.3 is 0 Å². The SMILES string of the molecule is CC(C)(C(=O)NCc1ccccc1-c1cccnc1C(=O)NCCc1ccccn1)c1ccc(Cl)cc1. The zero-order valence-corrected chi connectivity index (χ0v) is 21.6. The Morgan fingerprint density at radius 3 is 2.27 bits per heavy atom. The van der Waals surface area contributed by atoms with Gasteiger partial charge in [0.25, 0.3) is 5.91 Å². The highest BCUT2D eigenvalue weighted by Crippen LogP contribution is 2.28. The topological polar surface area (TPSA) is 84.0 Å². The van der Waals surface area contributed by atoms with Gasteiger partial charge in [-0.15, -0.1) is 0 Å². The lowest BCUT2D eigenvalue weighted by Crippen LogP contribution is -2.39. The minimum atomic E-state index is -0.744. The van der Waals surface area contributed by atoms with Gasteiger partial charge in [0.1, 0.15) is 5.69 Å². The lowest BCUT2D eigenvalue weighted by molar-refractivity contribution is -0.125. The summed E-state index contributed by atoms with van der Waals surface area (Å²) >= 11 is 6.01. The monoisotopic (exact) mass is 512 g/mol. The maximum absolute atomic E-state index is 13.2. The number of nitrogens with one attached hydrogen (secondary N) is 2. The van der Waals surface area contributed by atoms with Crippen LogP contribution in [0.2, 0.25) is 5.02 Å². The van der Waals surface area contributed by atoms with E-state index in [0.29, 0.717) is 35.8 Å².